The predicted octanol–water partition coefficient (Wildman–Crippen LogP) is 4.06. The van der Waals surface area contributed by atoms with Crippen LogP contribution in [-0.4, -0.2) is 45.6 Å². The number of ether oxygens (including phenoxy) is 1. The molecule has 8 nitrogen and oxygen atoms in total. The number of urea groups is 1. The lowest BCUT2D eigenvalue weighted by molar-refractivity contribution is -0.117. The molecule has 0 saturated heterocycles. The van der Waals surface area contributed by atoms with Gasteiger partial charge in [0.05, 0.1) is 12.9 Å². The molecule has 34 heavy (non-hydrogen) atoms. The number of carbonyl (C=O) groups excluding carboxylic acids is 2. The largest absolute Gasteiger partial charge is 0.497 e. The lowest BCUT2D eigenvalue weighted by atomic mass is 10.1. The van der Waals surface area contributed by atoms with Crippen molar-refractivity contribution in [3.8, 4) is 17.1 Å². The molecule has 1 heterocycles. The Hall–Kier alpha value is -3.33. The third-order valence-electron chi connectivity index (χ3n) is 5.81. The summed E-state index contributed by atoms with van der Waals surface area (Å²) in [5.41, 5.74) is 2.11. The van der Waals surface area contributed by atoms with Gasteiger partial charge in [-0.05, 0) is 49.1 Å². The molecule has 0 atom stereocenters. The van der Waals surface area contributed by atoms with Gasteiger partial charge in [-0.3, -0.25) is 10.1 Å². The van der Waals surface area contributed by atoms with Crippen LogP contribution in [0.4, 0.5) is 4.79 Å². The molecular formula is C25H29N5O3S. The van der Waals surface area contributed by atoms with E-state index in [4.69, 9.17) is 4.74 Å². The summed E-state index contributed by atoms with van der Waals surface area (Å²) in [7, 11) is 1.63. The van der Waals surface area contributed by atoms with E-state index in [1.165, 1.54) is 17.3 Å². The maximum atomic E-state index is 12.4. The average molecular weight is 480 g/mol. The maximum Gasteiger partial charge on any atom is 0.321 e. The van der Waals surface area contributed by atoms with Crippen LogP contribution in [0.5, 0.6) is 5.75 Å². The number of aryl methyl sites for hydroxylation is 1. The van der Waals surface area contributed by atoms with Crippen LogP contribution in [0.2, 0.25) is 0 Å². The van der Waals surface area contributed by atoms with Gasteiger partial charge in [0.25, 0.3) is 0 Å². The number of aromatic nitrogens is 3. The van der Waals surface area contributed by atoms with Crippen molar-refractivity contribution in [1.29, 1.82) is 0 Å². The minimum absolute atomic E-state index is 0.0736. The molecule has 1 fully saturated rings. The third-order valence-corrected chi connectivity index (χ3v) is 6.77. The summed E-state index contributed by atoms with van der Waals surface area (Å²) in [4.78, 5) is 24.5. The lowest BCUT2D eigenvalue weighted by Crippen LogP contribution is -2.44. The summed E-state index contributed by atoms with van der Waals surface area (Å²) in [6.45, 7) is 0.657. The fourth-order valence-electron chi connectivity index (χ4n) is 4.02. The molecule has 3 amide bonds. The van der Waals surface area contributed by atoms with Crippen molar-refractivity contribution in [2.24, 2.45) is 0 Å². The van der Waals surface area contributed by atoms with Crippen LogP contribution in [0.3, 0.4) is 0 Å². The number of methoxy groups -OCH3 is 1. The van der Waals surface area contributed by atoms with Crippen LogP contribution in [0, 0.1) is 0 Å². The molecular weight excluding hydrogens is 450 g/mol. The summed E-state index contributed by atoms with van der Waals surface area (Å²) in [6.07, 6.45) is 4.96. The first kappa shape index (κ1) is 23.8. The van der Waals surface area contributed by atoms with Gasteiger partial charge in [-0.25, -0.2) is 4.79 Å². The number of thioether (sulfide) groups is 1. The van der Waals surface area contributed by atoms with Crippen molar-refractivity contribution < 1.29 is 14.3 Å². The summed E-state index contributed by atoms with van der Waals surface area (Å²) in [5.74, 6) is 1.20. The number of imide groups is 1. The number of rotatable bonds is 9. The number of nitrogens with zero attached hydrogens (tertiary/aromatic N) is 3. The molecule has 2 N–H and O–H groups in total. The highest BCUT2D eigenvalue weighted by atomic mass is 32.2. The third kappa shape index (κ3) is 6.38. The van der Waals surface area contributed by atoms with Crippen molar-refractivity contribution in [3.63, 3.8) is 0 Å². The molecule has 9 heteroatoms. The van der Waals surface area contributed by atoms with Crippen LogP contribution in [0.15, 0.2) is 59.8 Å². The van der Waals surface area contributed by atoms with E-state index in [1.807, 2.05) is 47.0 Å². The highest BCUT2D eigenvalue weighted by Gasteiger charge is 2.20. The second-order valence-electron chi connectivity index (χ2n) is 8.21. The molecule has 0 spiro atoms. The van der Waals surface area contributed by atoms with Crippen LogP contribution in [-0.2, 0) is 17.8 Å². The first-order valence-electron chi connectivity index (χ1n) is 11.5. The molecule has 3 aromatic rings. The number of hydrogen-bond acceptors (Lipinski definition) is 6. The zero-order valence-corrected chi connectivity index (χ0v) is 20.0. The molecule has 0 radical (unpaired) electrons. The summed E-state index contributed by atoms with van der Waals surface area (Å²) in [6, 6.07) is 17.6. The molecule has 1 aromatic heterocycles. The summed E-state index contributed by atoms with van der Waals surface area (Å²) in [5, 5.41) is 14.7. The fraction of sp³-hybridized carbons (Fsp3) is 0.360. The molecule has 1 aliphatic carbocycles. The van der Waals surface area contributed by atoms with Gasteiger partial charge < -0.3 is 14.6 Å². The van der Waals surface area contributed by atoms with E-state index >= 15 is 0 Å². The molecule has 4 rings (SSSR count). The molecule has 1 aliphatic rings. The smallest absolute Gasteiger partial charge is 0.321 e. The number of benzene rings is 2. The topological polar surface area (TPSA) is 98.1 Å². The van der Waals surface area contributed by atoms with Crippen LogP contribution >= 0.6 is 11.8 Å². The van der Waals surface area contributed by atoms with Gasteiger partial charge in [-0.2, -0.15) is 0 Å². The van der Waals surface area contributed by atoms with E-state index in [9.17, 15) is 9.59 Å². The van der Waals surface area contributed by atoms with Crippen molar-refractivity contribution in [1.82, 2.24) is 25.4 Å². The Morgan fingerprint density at radius 1 is 1.06 bits per heavy atom. The normalized spacial score (nSPS) is 13.6. The Bertz CT molecular complexity index is 1100. The van der Waals surface area contributed by atoms with E-state index in [1.54, 1.807) is 7.11 Å². The van der Waals surface area contributed by atoms with E-state index < -0.39 is 6.03 Å². The Morgan fingerprint density at radius 2 is 1.79 bits per heavy atom. The molecule has 0 aliphatic heterocycles. The van der Waals surface area contributed by atoms with E-state index in [2.05, 4.69) is 33.0 Å². The Morgan fingerprint density at radius 3 is 2.50 bits per heavy atom. The highest BCUT2D eigenvalue weighted by Crippen LogP contribution is 2.26. The van der Waals surface area contributed by atoms with Gasteiger partial charge in [0.2, 0.25) is 5.91 Å². The van der Waals surface area contributed by atoms with Crippen molar-refractivity contribution >= 4 is 23.7 Å². The molecule has 2 aromatic carbocycles. The number of amides is 3. The Labute approximate surface area is 203 Å². The Balaban J connectivity index is 1.43. The average Bonchev–Trinajstić information content (AvgIpc) is 3.52. The minimum atomic E-state index is -0.429. The first-order valence-corrected chi connectivity index (χ1v) is 12.5. The SMILES string of the molecule is COc1ccc(-c2nnc(SCC(=O)NC(=O)NC3CCCC3)n2CCc2ccccc2)cc1. The van der Waals surface area contributed by atoms with Crippen molar-refractivity contribution in [3.05, 3.63) is 60.2 Å². The minimum Gasteiger partial charge on any atom is -0.497 e. The molecule has 178 valence electrons. The van der Waals surface area contributed by atoms with Gasteiger partial charge in [-0.15, -0.1) is 10.2 Å². The number of carbonyl (C=O) groups is 2. The van der Waals surface area contributed by atoms with Crippen LogP contribution in [0.1, 0.15) is 31.2 Å². The van der Waals surface area contributed by atoms with Crippen molar-refractivity contribution in [2.75, 3.05) is 12.9 Å². The van der Waals surface area contributed by atoms with E-state index in [-0.39, 0.29) is 17.7 Å². The predicted molar refractivity (Wildman–Crippen MR) is 132 cm³/mol. The second kappa shape index (κ2) is 11.7. The second-order valence-corrected chi connectivity index (χ2v) is 9.16. The van der Waals surface area contributed by atoms with E-state index in [0.29, 0.717) is 11.7 Å². The lowest BCUT2D eigenvalue weighted by Gasteiger charge is -2.13. The van der Waals surface area contributed by atoms with Gasteiger partial charge in [0.1, 0.15) is 5.75 Å². The van der Waals surface area contributed by atoms with Gasteiger partial charge in [-0.1, -0.05) is 54.9 Å². The van der Waals surface area contributed by atoms with E-state index in [0.717, 1.165) is 49.2 Å². The Kier molecular flexibility index (Phi) is 8.19. The van der Waals surface area contributed by atoms with Gasteiger partial charge in [0, 0.05) is 18.2 Å². The standard InChI is InChI=1S/C25H29N5O3S/c1-33-21-13-11-19(12-14-21)23-28-29-25(30(23)16-15-18-7-3-2-4-8-18)34-17-22(31)27-24(32)26-20-9-5-6-10-20/h2-4,7-8,11-14,20H,5-6,9-10,15-17H2,1H3,(H2,26,27,31,32). The first-order chi connectivity index (χ1) is 16.6. The maximum absolute atomic E-state index is 12.4. The number of hydrogen-bond donors (Lipinski definition) is 2. The summed E-state index contributed by atoms with van der Waals surface area (Å²) < 4.78 is 7.28. The summed E-state index contributed by atoms with van der Waals surface area (Å²) >= 11 is 1.27. The zero-order valence-electron chi connectivity index (χ0n) is 19.2. The zero-order chi connectivity index (χ0) is 23.8. The monoisotopic (exact) mass is 479 g/mol. The van der Waals surface area contributed by atoms with Gasteiger partial charge in [0.15, 0.2) is 11.0 Å². The quantitative estimate of drug-likeness (QED) is 0.449. The molecule has 1 saturated carbocycles. The van der Waals surface area contributed by atoms with Crippen molar-refractivity contribution in [2.45, 2.75) is 49.8 Å². The number of nitrogens with one attached hydrogen (secondary N) is 2. The van der Waals surface area contributed by atoms with Gasteiger partial charge >= 0.3 is 6.03 Å². The molecule has 0 bridgehead atoms. The highest BCUT2D eigenvalue weighted by molar-refractivity contribution is 7.99. The fourth-order valence-corrected chi connectivity index (χ4v) is 4.79. The van der Waals surface area contributed by atoms with Crippen LogP contribution < -0.4 is 15.4 Å². The van der Waals surface area contributed by atoms with Crippen LogP contribution in [0.25, 0.3) is 11.4 Å². The molecule has 0 unspecified atom stereocenters.